The third-order valence-corrected chi connectivity index (χ3v) is 2.63. The Balaban J connectivity index is 2.88. The van der Waals surface area contributed by atoms with E-state index in [-0.39, 0.29) is 6.04 Å². The van der Waals surface area contributed by atoms with Crippen LogP contribution in [0.15, 0.2) is 18.2 Å². The normalized spacial score (nSPS) is 12.8. The van der Waals surface area contributed by atoms with Crippen molar-refractivity contribution in [3.8, 4) is 5.75 Å². The summed E-state index contributed by atoms with van der Waals surface area (Å²) in [6, 6.07) is 6.60. The summed E-state index contributed by atoms with van der Waals surface area (Å²) in [5.41, 5.74) is 8.38. The van der Waals surface area contributed by atoms with Crippen LogP contribution in [0.2, 0.25) is 0 Å². The van der Waals surface area contributed by atoms with E-state index in [0.717, 1.165) is 31.7 Å². The van der Waals surface area contributed by atoms with E-state index in [1.807, 2.05) is 6.92 Å². The van der Waals surface area contributed by atoms with Crippen LogP contribution in [0, 0.1) is 0 Å². The van der Waals surface area contributed by atoms with E-state index in [9.17, 15) is 0 Å². The van der Waals surface area contributed by atoms with E-state index in [4.69, 9.17) is 10.5 Å². The van der Waals surface area contributed by atoms with Crippen molar-refractivity contribution < 1.29 is 4.74 Å². The number of ether oxygens (including phenoxy) is 1. The average molecular weight is 250 g/mol. The zero-order chi connectivity index (χ0) is 13.5. The summed E-state index contributed by atoms with van der Waals surface area (Å²) in [6.07, 6.45) is 1.94. The Hall–Kier alpha value is -1.06. The van der Waals surface area contributed by atoms with Gasteiger partial charge in [0.15, 0.2) is 0 Å². The number of hydrogen-bond donors (Lipinski definition) is 1. The van der Waals surface area contributed by atoms with Crippen molar-refractivity contribution >= 4 is 0 Å². The first kappa shape index (κ1) is 15.0. The van der Waals surface area contributed by atoms with Crippen LogP contribution in [-0.4, -0.2) is 31.6 Å². The maximum atomic E-state index is 5.85. The molecule has 1 rings (SSSR count). The highest BCUT2D eigenvalue weighted by atomic mass is 16.5. The van der Waals surface area contributed by atoms with Gasteiger partial charge < -0.3 is 15.4 Å². The van der Waals surface area contributed by atoms with Crippen LogP contribution >= 0.6 is 0 Å². The summed E-state index contributed by atoms with van der Waals surface area (Å²) in [4.78, 5) is 2.16. The molecule has 18 heavy (non-hydrogen) atoms. The molecular weight excluding hydrogens is 224 g/mol. The highest BCUT2D eigenvalue weighted by Crippen LogP contribution is 2.22. The van der Waals surface area contributed by atoms with Crippen molar-refractivity contribution in [1.82, 2.24) is 4.90 Å². The molecule has 0 spiro atoms. The Kier molecular flexibility index (Phi) is 6.16. The lowest BCUT2D eigenvalue weighted by molar-refractivity contribution is 0.306. The first-order valence-electron chi connectivity index (χ1n) is 6.67. The number of hydrogen-bond acceptors (Lipinski definition) is 3. The van der Waals surface area contributed by atoms with Crippen molar-refractivity contribution in [2.75, 3.05) is 20.7 Å². The van der Waals surface area contributed by atoms with Crippen molar-refractivity contribution in [3.05, 3.63) is 29.3 Å². The molecule has 0 bridgehead atoms. The zero-order valence-corrected chi connectivity index (χ0v) is 12.1. The van der Waals surface area contributed by atoms with E-state index in [0.29, 0.717) is 0 Å². The third-order valence-electron chi connectivity index (χ3n) is 2.63. The molecule has 1 unspecified atom stereocenters. The van der Waals surface area contributed by atoms with Gasteiger partial charge in [0, 0.05) is 18.2 Å². The van der Waals surface area contributed by atoms with Crippen LogP contribution in [-0.2, 0) is 13.0 Å². The van der Waals surface area contributed by atoms with Crippen LogP contribution in [0.5, 0.6) is 5.75 Å². The number of rotatable bonds is 7. The number of benzene rings is 1. The highest BCUT2D eigenvalue weighted by Gasteiger charge is 2.07. The lowest BCUT2D eigenvalue weighted by atomic mass is 10.0. The van der Waals surface area contributed by atoms with Crippen LogP contribution in [0.25, 0.3) is 0 Å². The van der Waals surface area contributed by atoms with E-state index in [1.165, 1.54) is 11.1 Å². The second kappa shape index (κ2) is 7.39. The fourth-order valence-corrected chi connectivity index (χ4v) is 1.95. The molecule has 0 aliphatic carbocycles. The molecule has 1 atom stereocenters. The smallest absolute Gasteiger partial charge is 0.123 e. The standard InChI is InChI=1S/C15H26N2O/c1-5-8-18-15-7-6-13(9-12(2)16)10-14(15)11-17(3)4/h6-7,10,12H,5,8-9,11,16H2,1-4H3. The Morgan fingerprint density at radius 3 is 2.61 bits per heavy atom. The minimum Gasteiger partial charge on any atom is -0.493 e. The summed E-state index contributed by atoms with van der Waals surface area (Å²) in [5, 5.41) is 0. The molecule has 0 aliphatic rings. The molecule has 0 fully saturated rings. The number of nitrogens with zero attached hydrogens (tertiary/aromatic N) is 1. The van der Waals surface area contributed by atoms with Gasteiger partial charge in [0.2, 0.25) is 0 Å². The third kappa shape index (κ3) is 5.07. The molecule has 3 heteroatoms. The van der Waals surface area contributed by atoms with E-state index >= 15 is 0 Å². The Morgan fingerprint density at radius 2 is 2.06 bits per heavy atom. The van der Waals surface area contributed by atoms with Gasteiger partial charge in [0.1, 0.15) is 5.75 Å². The summed E-state index contributed by atoms with van der Waals surface area (Å²) in [6.45, 7) is 5.82. The average Bonchev–Trinajstić information content (AvgIpc) is 2.26. The summed E-state index contributed by atoms with van der Waals surface area (Å²) < 4.78 is 5.79. The summed E-state index contributed by atoms with van der Waals surface area (Å²) in [7, 11) is 4.14. The van der Waals surface area contributed by atoms with Crippen LogP contribution in [0.4, 0.5) is 0 Å². The summed E-state index contributed by atoms with van der Waals surface area (Å²) >= 11 is 0. The molecule has 0 radical (unpaired) electrons. The Morgan fingerprint density at radius 1 is 1.33 bits per heavy atom. The maximum Gasteiger partial charge on any atom is 0.123 e. The quantitative estimate of drug-likeness (QED) is 0.807. The van der Waals surface area contributed by atoms with Gasteiger partial charge >= 0.3 is 0 Å². The molecular formula is C15H26N2O. The predicted octanol–water partition coefficient (Wildman–Crippen LogP) is 2.43. The van der Waals surface area contributed by atoms with Gasteiger partial charge in [-0.15, -0.1) is 0 Å². The lowest BCUT2D eigenvalue weighted by Crippen LogP contribution is -2.18. The van der Waals surface area contributed by atoms with Crippen molar-refractivity contribution in [2.45, 2.75) is 39.3 Å². The first-order valence-corrected chi connectivity index (χ1v) is 6.67. The summed E-state index contributed by atoms with van der Waals surface area (Å²) in [5.74, 6) is 0.999. The van der Waals surface area contributed by atoms with Crippen molar-refractivity contribution in [1.29, 1.82) is 0 Å². The van der Waals surface area contributed by atoms with Gasteiger partial charge in [0.25, 0.3) is 0 Å². The molecule has 1 aromatic carbocycles. The monoisotopic (exact) mass is 250 g/mol. The molecule has 0 amide bonds. The molecule has 0 aliphatic heterocycles. The van der Waals surface area contributed by atoms with Crippen molar-refractivity contribution in [2.24, 2.45) is 5.73 Å². The Bertz CT molecular complexity index is 362. The molecule has 1 aromatic rings. The van der Waals surface area contributed by atoms with Gasteiger partial charge in [-0.05, 0) is 45.5 Å². The lowest BCUT2D eigenvalue weighted by Gasteiger charge is -2.16. The van der Waals surface area contributed by atoms with E-state index in [2.05, 4.69) is 44.1 Å². The van der Waals surface area contributed by atoms with Crippen LogP contribution in [0.3, 0.4) is 0 Å². The molecule has 0 heterocycles. The van der Waals surface area contributed by atoms with Gasteiger partial charge in [-0.2, -0.15) is 0 Å². The van der Waals surface area contributed by atoms with Gasteiger partial charge in [-0.1, -0.05) is 19.1 Å². The predicted molar refractivity (Wildman–Crippen MR) is 77.0 cm³/mol. The second-order valence-corrected chi connectivity index (χ2v) is 5.21. The van der Waals surface area contributed by atoms with Gasteiger partial charge in [-0.25, -0.2) is 0 Å². The molecule has 3 nitrogen and oxygen atoms in total. The van der Waals surface area contributed by atoms with Gasteiger partial charge in [-0.3, -0.25) is 0 Å². The Labute approximate surface area is 111 Å². The topological polar surface area (TPSA) is 38.5 Å². The largest absolute Gasteiger partial charge is 0.493 e. The minimum absolute atomic E-state index is 0.194. The molecule has 0 saturated carbocycles. The molecule has 102 valence electrons. The molecule has 0 saturated heterocycles. The van der Waals surface area contributed by atoms with Crippen LogP contribution < -0.4 is 10.5 Å². The molecule has 0 aromatic heterocycles. The SMILES string of the molecule is CCCOc1ccc(CC(C)N)cc1CN(C)C. The zero-order valence-electron chi connectivity index (χ0n) is 12.1. The van der Waals surface area contributed by atoms with E-state index in [1.54, 1.807) is 0 Å². The minimum atomic E-state index is 0.194. The fourth-order valence-electron chi connectivity index (χ4n) is 1.95. The maximum absolute atomic E-state index is 5.85. The van der Waals surface area contributed by atoms with Crippen molar-refractivity contribution in [3.63, 3.8) is 0 Å². The highest BCUT2D eigenvalue weighted by molar-refractivity contribution is 5.37. The van der Waals surface area contributed by atoms with E-state index < -0.39 is 0 Å². The van der Waals surface area contributed by atoms with Crippen LogP contribution in [0.1, 0.15) is 31.4 Å². The first-order chi connectivity index (χ1) is 8.52. The fraction of sp³-hybridized carbons (Fsp3) is 0.600. The second-order valence-electron chi connectivity index (χ2n) is 5.21. The molecule has 2 N–H and O–H groups in total. The van der Waals surface area contributed by atoms with Gasteiger partial charge in [0.05, 0.1) is 6.61 Å². The number of nitrogens with two attached hydrogens (primary N) is 1.